The number of ether oxygens (including phenoxy) is 1. The number of para-hydroxylation sites is 1. The number of carbonyl (C=O) groups is 3. The van der Waals surface area contributed by atoms with Crippen LogP contribution in [0.25, 0.3) is 0 Å². The zero-order chi connectivity index (χ0) is 20.5. The monoisotopic (exact) mass is 382 g/mol. The van der Waals surface area contributed by atoms with E-state index < -0.39 is 0 Å². The Morgan fingerprint density at radius 2 is 1.68 bits per heavy atom. The van der Waals surface area contributed by atoms with Crippen molar-refractivity contribution in [2.24, 2.45) is 0 Å². The highest BCUT2D eigenvalue weighted by Gasteiger charge is 2.10. The Kier molecular flexibility index (Phi) is 7.75. The van der Waals surface area contributed by atoms with Crippen molar-refractivity contribution in [3.63, 3.8) is 0 Å². The second-order valence-electron chi connectivity index (χ2n) is 6.72. The molecule has 0 aliphatic carbocycles. The number of carbonyl (C=O) groups excluding carboxylic acids is 3. The molecule has 0 radical (unpaired) electrons. The zero-order valence-corrected chi connectivity index (χ0v) is 16.5. The Hall–Kier alpha value is -3.15. The van der Waals surface area contributed by atoms with Gasteiger partial charge in [-0.3, -0.25) is 9.59 Å². The maximum absolute atomic E-state index is 12.2. The minimum Gasteiger partial charge on any atom is -0.484 e. The molecule has 0 spiro atoms. The molecule has 0 aliphatic heterocycles. The molecule has 0 aromatic heterocycles. The van der Waals surface area contributed by atoms with E-state index in [1.54, 1.807) is 37.1 Å². The predicted octanol–water partition coefficient (Wildman–Crippen LogP) is 3.20. The van der Waals surface area contributed by atoms with Crippen LogP contribution in [0.3, 0.4) is 0 Å². The van der Waals surface area contributed by atoms with Gasteiger partial charge in [0.15, 0.2) is 6.61 Å². The van der Waals surface area contributed by atoms with Gasteiger partial charge in [-0.05, 0) is 42.7 Å². The molecule has 148 valence electrons. The molecular formula is C22H26N2O4. The molecule has 0 bridgehead atoms. The van der Waals surface area contributed by atoms with Crippen LogP contribution in [0.5, 0.6) is 5.75 Å². The van der Waals surface area contributed by atoms with E-state index in [4.69, 9.17) is 4.74 Å². The van der Waals surface area contributed by atoms with Crippen molar-refractivity contribution < 1.29 is 19.1 Å². The van der Waals surface area contributed by atoms with Crippen LogP contribution in [0, 0.1) is 0 Å². The lowest BCUT2D eigenvalue weighted by atomic mass is 10.1. The van der Waals surface area contributed by atoms with E-state index in [-0.39, 0.29) is 24.2 Å². The molecule has 2 aromatic carbocycles. The van der Waals surface area contributed by atoms with Gasteiger partial charge in [0.05, 0.1) is 0 Å². The first-order valence-corrected chi connectivity index (χ1v) is 9.16. The fourth-order valence-electron chi connectivity index (χ4n) is 2.55. The largest absolute Gasteiger partial charge is 0.484 e. The van der Waals surface area contributed by atoms with Crippen molar-refractivity contribution in [3.05, 3.63) is 59.7 Å². The summed E-state index contributed by atoms with van der Waals surface area (Å²) in [6.07, 6.45) is 1.21. The highest BCUT2D eigenvalue weighted by Crippen LogP contribution is 2.17. The Balaban J connectivity index is 1.89. The van der Waals surface area contributed by atoms with Crippen LogP contribution in [0.1, 0.15) is 31.4 Å². The number of nitrogens with one attached hydrogen (secondary N) is 1. The third kappa shape index (κ3) is 6.87. The van der Waals surface area contributed by atoms with Crippen molar-refractivity contribution in [1.29, 1.82) is 0 Å². The Morgan fingerprint density at radius 1 is 1.00 bits per heavy atom. The van der Waals surface area contributed by atoms with Crippen LogP contribution in [0.15, 0.2) is 48.5 Å². The highest BCUT2D eigenvalue weighted by atomic mass is 16.5. The lowest BCUT2D eigenvalue weighted by Crippen LogP contribution is -2.25. The molecular weight excluding hydrogens is 356 g/mol. The number of rotatable bonds is 9. The summed E-state index contributed by atoms with van der Waals surface area (Å²) < 4.78 is 5.54. The minimum atomic E-state index is -0.279. The standard InChI is InChI=1S/C22H26N2O4/c1-16(25)8-9-18-10-12-20(13-11-18)28-15-22(27)23-21-7-5-4-6-19(21)14-24(3)17(2)26/h4-7,10-13H,8-9,14-15H2,1-3H3,(H,23,27). The summed E-state index contributed by atoms with van der Waals surface area (Å²) in [5.74, 6) is 0.424. The van der Waals surface area contributed by atoms with Crippen LogP contribution in [-0.4, -0.2) is 36.2 Å². The number of hydrogen-bond donors (Lipinski definition) is 1. The molecule has 0 atom stereocenters. The Labute approximate surface area is 165 Å². The number of benzene rings is 2. The maximum Gasteiger partial charge on any atom is 0.262 e. The molecule has 2 rings (SSSR count). The number of nitrogens with zero attached hydrogens (tertiary/aromatic N) is 1. The molecule has 6 nitrogen and oxygen atoms in total. The molecule has 6 heteroatoms. The number of aryl methyl sites for hydroxylation is 1. The molecule has 0 unspecified atom stereocenters. The first-order valence-electron chi connectivity index (χ1n) is 9.16. The van der Waals surface area contributed by atoms with Gasteiger partial charge in [0.25, 0.3) is 5.91 Å². The minimum absolute atomic E-state index is 0.0452. The predicted molar refractivity (Wildman–Crippen MR) is 108 cm³/mol. The van der Waals surface area contributed by atoms with E-state index >= 15 is 0 Å². The van der Waals surface area contributed by atoms with Gasteiger partial charge in [-0.15, -0.1) is 0 Å². The average Bonchev–Trinajstić information content (AvgIpc) is 2.67. The summed E-state index contributed by atoms with van der Waals surface area (Å²) in [5, 5.41) is 2.83. The SMILES string of the molecule is CC(=O)CCc1ccc(OCC(=O)Nc2ccccc2CN(C)C(C)=O)cc1. The van der Waals surface area contributed by atoms with Crippen LogP contribution >= 0.6 is 0 Å². The summed E-state index contributed by atoms with van der Waals surface area (Å²) in [5.41, 5.74) is 2.56. The van der Waals surface area contributed by atoms with Crippen molar-refractivity contribution in [2.45, 2.75) is 33.2 Å². The summed E-state index contributed by atoms with van der Waals surface area (Å²) >= 11 is 0. The number of ketones is 1. The molecule has 0 aliphatic rings. The molecule has 2 amide bonds. The third-order valence-corrected chi connectivity index (χ3v) is 4.30. The van der Waals surface area contributed by atoms with Gasteiger partial charge in [0.2, 0.25) is 5.91 Å². The van der Waals surface area contributed by atoms with Gasteiger partial charge in [-0.25, -0.2) is 0 Å². The fourth-order valence-corrected chi connectivity index (χ4v) is 2.55. The van der Waals surface area contributed by atoms with Gasteiger partial charge in [-0.2, -0.15) is 0 Å². The molecule has 1 N–H and O–H groups in total. The van der Waals surface area contributed by atoms with E-state index in [1.165, 1.54) is 6.92 Å². The lowest BCUT2D eigenvalue weighted by Gasteiger charge is -2.18. The molecule has 2 aromatic rings. The Morgan fingerprint density at radius 3 is 2.32 bits per heavy atom. The molecule has 0 fully saturated rings. The van der Waals surface area contributed by atoms with Gasteiger partial charge in [0.1, 0.15) is 11.5 Å². The van der Waals surface area contributed by atoms with Crippen LogP contribution in [-0.2, 0) is 27.3 Å². The van der Waals surface area contributed by atoms with Gasteiger partial charge >= 0.3 is 0 Å². The van der Waals surface area contributed by atoms with E-state index in [9.17, 15) is 14.4 Å². The first kappa shape index (κ1) is 21.2. The van der Waals surface area contributed by atoms with Crippen LogP contribution in [0.2, 0.25) is 0 Å². The van der Waals surface area contributed by atoms with Crippen molar-refractivity contribution in [2.75, 3.05) is 19.0 Å². The van der Waals surface area contributed by atoms with E-state index in [1.807, 2.05) is 30.3 Å². The molecule has 28 heavy (non-hydrogen) atoms. The van der Waals surface area contributed by atoms with Crippen molar-refractivity contribution >= 4 is 23.3 Å². The number of Topliss-reactive ketones (excluding diaryl/α,β-unsaturated/α-hetero) is 1. The van der Waals surface area contributed by atoms with Crippen LogP contribution in [0.4, 0.5) is 5.69 Å². The van der Waals surface area contributed by atoms with Gasteiger partial charge in [-0.1, -0.05) is 30.3 Å². The molecule has 0 saturated heterocycles. The van der Waals surface area contributed by atoms with Crippen molar-refractivity contribution in [3.8, 4) is 5.75 Å². The Bertz CT molecular complexity index is 831. The number of anilines is 1. The normalized spacial score (nSPS) is 10.2. The number of amides is 2. The second-order valence-corrected chi connectivity index (χ2v) is 6.72. The van der Waals surface area contributed by atoms with E-state index in [2.05, 4.69) is 5.32 Å². The second kappa shape index (κ2) is 10.3. The molecule has 0 heterocycles. The summed E-state index contributed by atoms with van der Waals surface area (Å²) in [6, 6.07) is 14.7. The summed E-state index contributed by atoms with van der Waals surface area (Å²) in [7, 11) is 1.71. The summed E-state index contributed by atoms with van der Waals surface area (Å²) in [4.78, 5) is 36.3. The van der Waals surface area contributed by atoms with Gasteiger partial charge < -0.3 is 19.7 Å². The highest BCUT2D eigenvalue weighted by molar-refractivity contribution is 5.92. The smallest absolute Gasteiger partial charge is 0.262 e. The fraction of sp³-hybridized carbons (Fsp3) is 0.318. The quantitative estimate of drug-likeness (QED) is 0.723. The van der Waals surface area contributed by atoms with Crippen molar-refractivity contribution in [1.82, 2.24) is 4.90 Å². The molecule has 0 saturated carbocycles. The van der Waals surface area contributed by atoms with E-state index in [0.717, 1.165) is 11.1 Å². The lowest BCUT2D eigenvalue weighted by molar-refractivity contribution is -0.128. The topological polar surface area (TPSA) is 75.7 Å². The zero-order valence-electron chi connectivity index (χ0n) is 16.5. The van der Waals surface area contributed by atoms with Crippen LogP contribution < -0.4 is 10.1 Å². The number of hydrogen-bond acceptors (Lipinski definition) is 4. The first-order chi connectivity index (χ1) is 13.3. The van der Waals surface area contributed by atoms with E-state index in [0.29, 0.717) is 30.8 Å². The third-order valence-electron chi connectivity index (χ3n) is 4.30. The van der Waals surface area contributed by atoms with Gasteiger partial charge in [0, 0.05) is 32.6 Å². The summed E-state index contributed by atoms with van der Waals surface area (Å²) in [6.45, 7) is 3.37. The maximum atomic E-state index is 12.2. The average molecular weight is 382 g/mol.